The number of nitrogens with zero attached hydrogens (tertiary/aromatic N) is 3. The zero-order chi connectivity index (χ0) is 18.1. The first-order valence-electron chi connectivity index (χ1n) is 8.01. The molecule has 2 aromatic rings. The Morgan fingerprint density at radius 3 is 2.77 bits per heavy atom. The van der Waals surface area contributed by atoms with Gasteiger partial charge in [-0.15, -0.1) is 0 Å². The Morgan fingerprint density at radius 1 is 1.23 bits per heavy atom. The number of thioether (sulfide) groups is 1. The van der Waals surface area contributed by atoms with Crippen molar-refractivity contribution in [1.82, 2.24) is 9.97 Å². The topological polar surface area (TPSA) is 76.8 Å². The fourth-order valence-corrected chi connectivity index (χ4v) is 4.06. The predicted octanol–water partition coefficient (Wildman–Crippen LogP) is 3.52. The monoisotopic (exact) mass is 379 g/mol. The molecular formula is C17H15F2N3O3S. The summed E-state index contributed by atoms with van der Waals surface area (Å²) in [6.45, 7) is 0.349. The van der Waals surface area contributed by atoms with Gasteiger partial charge in [0, 0.05) is 17.2 Å². The number of ether oxygens (including phenoxy) is 2. The van der Waals surface area contributed by atoms with Crippen molar-refractivity contribution in [2.75, 3.05) is 6.61 Å². The van der Waals surface area contributed by atoms with Gasteiger partial charge in [0.05, 0.1) is 18.4 Å². The molecular weight excluding hydrogens is 364 g/mol. The fourth-order valence-electron chi connectivity index (χ4n) is 2.93. The van der Waals surface area contributed by atoms with E-state index in [1.807, 2.05) is 30.3 Å². The minimum absolute atomic E-state index is 0.184. The highest BCUT2D eigenvalue weighted by molar-refractivity contribution is 7.99. The smallest absolute Gasteiger partial charge is 0.280 e. The first-order valence-corrected chi connectivity index (χ1v) is 8.89. The fraction of sp³-hybridized carbons (Fsp3) is 0.353. The second-order valence-electron chi connectivity index (χ2n) is 5.92. The minimum atomic E-state index is -2.70. The number of aromatic nitrogens is 2. The van der Waals surface area contributed by atoms with Gasteiger partial charge in [0.15, 0.2) is 5.16 Å². The minimum Gasteiger partial charge on any atom is -0.411 e. The van der Waals surface area contributed by atoms with Crippen LogP contribution < -0.4 is 0 Å². The summed E-state index contributed by atoms with van der Waals surface area (Å²) in [5.74, 6) is 0. The van der Waals surface area contributed by atoms with Crippen LogP contribution in [0.2, 0.25) is 0 Å². The molecule has 3 atom stereocenters. The van der Waals surface area contributed by atoms with Gasteiger partial charge in [-0.2, -0.15) is 0 Å². The van der Waals surface area contributed by atoms with Gasteiger partial charge in [-0.1, -0.05) is 47.2 Å². The van der Waals surface area contributed by atoms with Gasteiger partial charge in [0.25, 0.3) is 6.43 Å². The molecule has 2 fully saturated rings. The molecule has 1 aromatic carbocycles. The third kappa shape index (κ3) is 3.42. The number of hydrogen-bond acceptors (Lipinski definition) is 7. The van der Waals surface area contributed by atoms with Gasteiger partial charge in [0.1, 0.15) is 11.4 Å². The lowest BCUT2D eigenvalue weighted by Gasteiger charge is -2.26. The summed E-state index contributed by atoms with van der Waals surface area (Å²) in [5.41, 5.74) is 1.23. The summed E-state index contributed by atoms with van der Waals surface area (Å²) < 4.78 is 37.6. The molecule has 3 heterocycles. The van der Waals surface area contributed by atoms with Crippen LogP contribution in [0.4, 0.5) is 8.78 Å². The molecule has 2 bridgehead atoms. The lowest BCUT2D eigenvalue weighted by molar-refractivity contribution is -0.0169. The van der Waals surface area contributed by atoms with E-state index >= 15 is 0 Å². The summed E-state index contributed by atoms with van der Waals surface area (Å²) in [4.78, 5) is 8.42. The molecule has 2 aliphatic heterocycles. The summed E-state index contributed by atoms with van der Waals surface area (Å²) in [5, 5.41) is 12.4. The van der Waals surface area contributed by atoms with E-state index in [1.165, 1.54) is 17.8 Å². The number of hydrogen-bond donors (Lipinski definition) is 1. The molecule has 1 aromatic heterocycles. The van der Waals surface area contributed by atoms with Crippen LogP contribution in [0.15, 0.2) is 46.7 Å². The molecule has 2 saturated heterocycles. The van der Waals surface area contributed by atoms with Crippen LogP contribution in [-0.2, 0) is 9.47 Å². The highest BCUT2D eigenvalue weighted by Crippen LogP contribution is 2.37. The Labute approximate surface area is 152 Å². The normalized spacial score (nSPS) is 26.6. The van der Waals surface area contributed by atoms with E-state index < -0.39 is 12.7 Å². The highest BCUT2D eigenvalue weighted by atomic mass is 32.2. The Kier molecular flexibility index (Phi) is 4.84. The maximum atomic E-state index is 13.3. The van der Waals surface area contributed by atoms with Gasteiger partial charge < -0.3 is 14.7 Å². The summed E-state index contributed by atoms with van der Waals surface area (Å²) >= 11 is 1.23. The summed E-state index contributed by atoms with van der Waals surface area (Å²) in [7, 11) is 0. The zero-order valence-electron chi connectivity index (χ0n) is 13.5. The maximum Gasteiger partial charge on any atom is 0.280 e. The van der Waals surface area contributed by atoms with Crippen LogP contribution in [0, 0.1) is 0 Å². The average molecular weight is 379 g/mol. The second-order valence-corrected chi connectivity index (χ2v) is 7.13. The van der Waals surface area contributed by atoms with Crippen LogP contribution >= 0.6 is 11.8 Å². The van der Waals surface area contributed by atoms with Crippen molar-refractivity contribution < 1.29 is 23.5 Å². The molecule has 4 rings (SSSR count). The summed E-state index contributed by atoms with van der Waals surface area (Å²) in [6.07, 6.45) is -3.14. The van der Waals surface area contributed by atoms with Crippen molar-refractivity contribution in [3.63, 3.8) is 0 Å². The lowest BCUT2D eigenvalue weighted by atomic mass is 10.1. The third-order valence-electron chi connectivity index (χ3n) is 4.21. The molecule has 136 valence electrons. The number of rotatable bonds is 4. The Bertz CT molecular complexity index is 822. The molecule has 0 amide bonds. The molecule has 0 unspecified atom stereocenters. The van der Waals surface area contributed by atoms with Crippen LogP contribution in [0.1, 0.15) is 18.5 Å². The van der Waals surface area contributed by atoms with Crippen molar-refractivity contribution in [2.24, 2.45) is 5.16 Å². The SMILES string of the molecule is O/N=C1/C[C@H](Sc2nc(-c3ccccc3)cc(C(F)F)n2)[C@H]2CO[C@H]1O2. The average Bonchev–Trinajstić information content (AvgIpc) is 3.09. The van der Waals surface area contributed by atoms with Crippen LogP contribution in [0.3, 0.4) is 0 Å². The number of benzene rings is 1. The Balaban J connectivity index is 1.64. The van der Waals surface area contributed by atoms with E-state index in [-0.39, 0.29) is 22.2 Å². The third-order valence-corrected chi connectivity index (χ3v) is 5.38. The Morgan fingerprint density at radius 2 is 2.04 bits per heavy atom. The first-order chi connectivity index (χ1) is 12.6. The maximum absolute atomic E-state index is 13.3. The van der Waals surface area contributed by atoms with Crippen LogP contribution in [0.25, 0.3) is 11.3 Å². The molecule has 2 aliphatic rings. The highest BCUT2D eigenvalue weighted by Gasteiger charge is 2.43. The van der Waals surface area contributed by atoms with E-state index in [2.05, 4.69) is 15.1 Å². The van der Waals surface area contributed by atoms with Gasteiger partial charge in [-0.3, -0.25) is 0 Å². The van der Waals surface area contributed by atoms with Crippen molar-refractivity contribution in [1.29, 1.82) is 0 Å². The lowest BCUT2D eigenvalue weighted by Crippen LogP contribution is -2.37. The van der Waals surface area contributed by atoms with Crippen LogP contribution in [0.5, 0.6) is 0 Å². The van der Waals surface area contributed by atoms with E-state index in [1.54, 1.807) is 0 Å². The molecule has 1 N–H and O–H groups in total. The molecule has 6 nitrogen and oxygen atoms in total. The predicted molar refractivity (Wildman–Crippen MR) is 90.5 cm³/mol. The molecule has 0 aliphatic carbocycles. The van der Waals surface area contributed by atoms with Gasteiger partial charge in [-0.05, 0) is 6.07 Å². The molecule has 0 radical (unpaired) electrons. The van der Waals surface area contributed by atoms with Crippen molar-refractivity contribution >= 4 is 17.5 Å². The van der Waals surface area contributed by atoms with Crippen molar-refractivity contribution in [3.8, 4) is 11.3 Å². The van der Waals surface area contributed by atoms with Gasteiger partial charge >= 0.3 is 0 Å². The van der Waals surface area contributed by atoms with Gasteiger partial charge in [-0.25, -0.2) is 18.7 Å². The standard InChI is InChI=1S/C17H15F2N3O3S/c18-15(19)11-6-10(9-4-2-1-3-5-9)20-17(21-11)26-14-7-12(22-23)16-24-8-13(14)25-16/h1-6,13-16,23H,7-8H2/b22-12-/t13-,14+,16+/m1/s1. The van der Waals surface area contributed by atoms with Crippen molar-refractivity contribution in [2.45, 2.75) is 35.6 Å². The van der Waals surface area contributed by atoms with E-state index in [0.29, 0.717) is 24.4 Å². The Hall–Kier alpha value is -2.10. The number of halogens is 2. The first kappa shape index (κ1) is 17.3. The van der Waals surface area contributed by atoms with E-state index in [0.717, 1.165) is 5.56 Å². The summed E-state index contributed by atoms with van der Waals surface area (Å²) in [6, 6.07) is 10.4. The largest absolute Gasteiger partial charge is 0.411 e. The number of fused-ring (bicyclic) bond motifs is 2. The number of alkyl halides is 2. The zero-order valence-corrected chi connectivity index (χ0v) is 14.3. The van der Waals surface area contributed by atoms with Crippen LogP contribution in [-0.4, -0.2) is 45.1 Å². The molecule has 0 saturated carbocycles. The second kappa shape index (κ2) is 7.26. The number of oxime groups is 1. The van der Waals surface area contributed by atoms with Crippen molar-refractivity contribution in [3.05, 3.63) is 42.1 Å². The van der Waals surface area contributed by atoms with Gasteiger partial charge in [0.2, 0.25) is 6.29 Å². The molecule has 0 spiro atoms. The quantitative estimate of drug-likeness (QED) is 0.498. The molecule has 26 heavy (non-hydrogen) atoms. The van der Waals surface area contributed by atoms with E-state index in [4.69, 9.17) is 14.7 Å². The molecule has 9 heteroatoms. The van der Waals surface area contributed by atoms with E-state index in [9.17, 15) is 8.78 Å².